The maximum Gasteiger partial charge on any atom is 0.140 e. The van der Waals surface area contributed by atoms with E-state index >= 15 is 0 Å². The molecule has 1 aromatic heterocycles. The van der Waals surface area contributed by atoms with Gasteiger partial charge in [-0.05, 0) is 31.9 Å². The summed E-state index contributed by atoms with van der Waals surface area (Å²) in [6, 6.07) is 4.08. The first-order valence-electron chi connectivity index (χ1n) is 6.13. The van der Waals surface area contributed by atoms with Crippen molar-refractivity contribution >= 4 is 0 Å². The lowest BCUT2D eigenvalue weighted by molar-refractivity contribution is 0.318. The van der Waals surface area contributed by atoms with Crippen LogP contribution in [0.25, 0.3) is 0 Å². The fourth-order valence-electron chi connectivity index (χ4n) is 1.52. The zero-order valence-corrected chi connectivity index (χ0v) is 10.8. The summed E-state index contributed by atoms with van der Waals surface area (Å²) in [5.41, 5.74) is 7.93. The Morgan fingerprint density at radius 3 is 2.94 bits per heavy atom. The Kier molecular flexibility index (Phi) is 5.70. The summed E-state index contributed by atoms with van der Waals surface area (Å²) in [5.74, 6) is 0.848. The number of nitrogens with zero attached hydrogens (tertiary/aromatic N) is 1. The van der Waals surface area contributed by atoms with Crippen LogP contribution >= 0.6 is 0 Å². The van der Waals surface area contributed by atoms with Crippen LogP contribution in [0, 0.1) is 6.92 Å². The molecular weight excluding hydrogens is 212 g/mol. The van der Waals surface area contributed by atoms with Crippen LogP contribution in [0.5, 0.6) is 5.75 Å². The minimum atomic E-state index is 0.144. The van der Waals surface area contributed by atoms with Gasteiger partial charge < -0.3 is 10.5 Å². The monoisotopic (exact) mass is 234 g/mol. The number of ether oxygens (including phenoxy) is 1. The van der Waals surface area contributed by atoms with Crippen LogP contribution in [0.4, 0.5) is 0 Å². The quantitative estimate of drug-likeness (QED) is 0.583. The molecule has 0 aliphatic heterocycles. The molecule has 1 atom stereocenters. The molecule has 0 bridgehead atoms. The maximum atomic E-state index is 5.97. The van der Waals surface area contributed by atoms with Crippen LogP contribution in [0.2, 0.25) is 0 Å². The van der Waals surface area contributed by atoms with Gasteiger partial charge in [0, 0.05) is 18.2 Å². The van der Waals surface area contributed by atoms with E-state index in [-0.39, 0.29) is 6.04 Å². The minimum Gasteiger partial charge on any atom is -0.491 e. The van der Waals surface area contributed by atoms with Crippen LogP contribution < -0.4 is 10.5 Å². The van der Waals surface area contributed by atoms with E-state index in [9.17, 15) is 0 Å². The molecule has 2 N–H and O–H groups in total. The van der Waals surface area contributed by atoms with Gasteiger partial charge in [0.25, 0.3) is 0 Å². The number of hydrogen-bond acceptors (Lipinski definition) is 3. The summed E-state index contributed by atoms with van der Waals surface area (Å²) in [7, 11) is 0. The van der Waals surface area contributed by atoms with Gasteiger partial charge >= 0.3 is 0 Å². The molecule has 0 fully saturated rings. The Bertz CT molecular complexity index is 363. The van der Waals surface area contributed by atoms with Crippen molar-refractivity contribution in [3.8, 4) is 5.75 Å². The minimum absolute atomic E-state index is 0.144. The number of aromatic nitrogens is 1. The van der Waals surface area contributed by atoms with E-state index in [1.807, 2.05) is 25.1 Å². The third-order valence-electron chi connectivity index (χ3n) is 2.63. The first kappa shape index (κ1) is 13.7. The van der Waals surface area contributed by atoms with E-state index in [1.54, 1.807) is 0 Å². The summed E-state index contributed by atoms with van der Waals surface area (Å²) in [6.07, 6.45) is 4.40. The van der Waals surface area contributed by atoms with Gasteiger partial charge in [-0.2, -0.15) is 0 Å². The Morgan fingerprint density at radius 1 is 1.53 bits per heavy atom. The molecule has 1 heterocycles. The van der Waals surface area contributed by atoms with Crippen molar-refractivity contribution in [1.82, 2.24) is 4.98 Å². The van der Waals surface area contributed by atoms with Crippen molar-refractivity contribution in [2.24, 2.45) is 5.73 Å². The third-order valence-corrected chi connectivity index (χ3v) is 2.63. The first-order valence-corrected chi connectivity index (χ1v) is 6.13. The standard InChI is InChI=1S/C14H22N2O/c1-4-6-9-17-14-8-7-11(3)16-13(14)10-12(15)5-2/h4,7-8,12H,1,5-6,9-10,15H2,2-3H3. The van der Waals surface area contributed by atoms with Gasteiger partial charge in [0.15, 0.2) is 0 Å². The molecule has 0 spiro atoms. The molecule has 0 saturated carbocycles. The molecule has 0 radical (unpaired) electrons. The predicted octanol–water partition coefficient (Wildman–Crippen LogP) is 2.62. The zero-order chi connectivity index (χ0) is 12.7. The molecule has 3 heteroatoms. The number of hydrogen-bond donors (Lipinski definition) is 1. The summed E-state index contributed by atoms with van der Waals surface area (Å²) in [6.45, 7) is 8.38. The molecular formula is C14H22N2O. The Labute approximate surface area is 104 Å². The van der Waals surface area contributed by atoms with Crippen molar-refractivity contribution in [2.45, 2.75) is 39.2 Å². The number of rotatable bonds is 7. The van der Waals surface area contributed by atoms with E-state index in [0.29, 0.717) is 6.61 Å². The lowest BCUT2D eigenvalue weighted by Crippen LogP contribution is -2.22. The maximum absolute atomic E-state index is 5.97. The van der Waals surface area contributed by atoms with Crippen molar-refractivity contribution in [3.63, 3.8) is 0 Å². The second-order valence-corrected chi connectivity index (χ2v) is 4.20. The highest BCUT2D eigenvalue weighted by molar-refractivity contribution is 5.30. The van der Waals surface area contributed by atoms with E-state index in [2.05, 4.69) is 18.5 Å². The van der Waals surface area contributed by atoms with Crippen LogP contribution in [0.1, 0.15) is 31.2 Å². The Hall–Kier alpha value is -1.35. The molecule has 0 saturated heterocycles. The van der Waals surface area contributed by atoms with E-state index in [0.717, 1.165) is 36.4 Å². The molecule has 0 amide bonds. The van der Waals surface area contributed by atoms with Gasteiger partial charge in [-0.15, -0.1) is 6.58 Å². The zero-order valence-electron chi connectivity index (χ0n) is 10.8. The SMILES string of the molecule is C=CCCOc1ccc(C)nc1CC(N)CC. The van der Waals surface area contributed by atoms with Crippen molar-refractivity contribution in [3.05, 3.63) is 36.2 Å². The van der Waals surface area contributed by atoms with Crippen LogP contribution in [0.15, 0.2) is 24.8 Å². The number of nitrogens with two attached hydrogens (primary N) is 1. The average molecular weight is 234 g/mol. The van der Waals surface area contributed by atoms with Gasteiger partial charge in [-0.1, -0.05) is 13.0 Å². The van der Waals surface area contributed by atoms with Crippen LogP contribution in [-0.2, 0) is 6.42 Å². The number of aryl methyl sites for hydroxylation is 1. The molecule has 1 aromatic rings. The average Bonchev–Trinajstić information content (AvgIpc) is 2.32. The lowest BCUT2D eigenvalue weighted by atomic mass is 10.1. The van der Waals surface area contributed by atoms with Gasteiger partial charge in [-0.25, -0.2) is 0 Å². The van der Waals surface area contributed by atoms with Gasteiger partial charge in [0.2, 0.25) is 0 Å². The smallest absolute Gasteiger partial charge is 0.140 e. The third kappa shape index (κ3) is 4.57. The summed E-state index contributed by atoms with van der Waals surface area (Å²) >= 11 is 0. The fourth-order valence-corrected chi connectivity index (χ4v) is 1.52. The van der Waals surface area contributed by atoms with Crippen molar-refractivity contribution in [2.75, 3.05) is 6.61 Å². The molecule has 17 heavy (non-hydrogen) atoms. The second-order valence-electron chi connectivity index (χ2n) is 4.20. The second kappa shape index (κ2) is 7.07. The molecule has 3 nitrogen and oxygen atoms in total. The predicted molar refractivity (Wildman–Crippen MR) is 71.3 cm³/mol. The molecule has 0 aromatic carbocycles. The topological polar surface area (TPSA) is 48.1 Å². The van der Waals surface area contributed by atoms with Gasteiger partial charge in [-0.3, -0.25) is 4.98 Å². The molecule has 0 aliphatic carbocycles. The summed E-state index contributed by atoms with van der Waals surface area (Å²) in [5, 5.41) is 0. The van der Waals surface area contributed by atoms with Crippen molar-refractivity contribution < 1.29 is 4.74 Å². The highest BCUT2D eigenvalue weighted by Crippen LogP contribution is 2.19. The van der Waals surface area contributed by atoms with Gasteiger partial charge in [0.1, 0.15) is 5.75 Å². The summed E-state index contributed by atoms with van der Waals surface area (Å²) in [4.78, 5) is 4.51. The molecule has 94 valence electrons. The molecule has 1 rings (SSSR count). The molecule has 0 aliphatic rings. The van der Waals surface area contributed by atoms with Crippen molar-refractivity contribution in [1.29, 1.82) is 0 Å². The fraction of sp³-hybridized carbons (Fsp3) is 0.500. The summed E-state index contributed by atoms with van der Waals surface area (Å²) < 4.78 is 5.69. The van der Waals surface area contributed by atoms with Gasteiger partial charge in [0.05, 0.1) is 12.3 Å². The normalized spacial score (nSPS) is 12.2. The highest BCUT2D eigenvalue weighted by Gasteiger charge is 2.09. The van der Waals surface area contributed by atoms with E-state index in [1.165, 1.54) is 0 Å². The van der Waals surface area contributed by atoms with Crippen LogP contribution in [0.3, 0.4) is 0 Å². The van der Waals surface area contributed by atoms with E-state index < -0.39 is 0 Å². The Morgan fingerprint density at radius 2 is 2.29 bits per heavy atom. The van der Waals surface area contributed by atoms with E-state index in [4.69, 9.17) is 10.5 Å². The van der Waals surface area contributed by atoms with Crippen LogP contribution in [-0.4, -0.2) is 17.6 Å². The highest BCUT2D eigenvalue weighted by atomic mass is 16.5. The Balaban J connectivity index is 2.76. The molecule has 1 unspecified atom stereocenters. The number of pyridine rings is 1. The lowest BCUT2D eigenvalue weighted by Gasteiger charge is -2.13. The largest absolute Gasteiger partial charge is 0.491 e. The first-order chi connectivity index (χ1) is 8.17.